The van der Waals surface area contributed by atoms with Crippen molar-refractivity contribution in [3.05, 3.63) is 65.2 Å². The number of sulfone groups is 1. The van der Waals surface area contributed by atoms with Crippen LogP contribution in [0.25, 0.3) is 0 Å². The number of amides is 1. The number of hydrogen-bond donors (Lipinski definition) is 1. The van der Waals surface area contributed by atoms with E-state index in [1.54, 1.807) is 37.3 Å². The van der Waals surface area contributed by atoms with Crippen molar-refractivity contribution in [1.82, 2.24) is 10.3 Å². The summed E-state index contributed by atoms with van der Waals surface area (Å²) in [5.41, 5.74) is 0.858. The van der Waals surface area contributed by atoms with Gasteiger partial charge in [0.2, 0.25) is 0 Å². The van der Waals surface area contributed by atoms with Crippen LogP contribution in [0.4, 0.5) is 4.39 Å². The van der Waals surface area contributed by atoms with Crippen LogP contribution < -0.4 is 5.32 Å². The van der Waals surface area contributed by atoms with E-state index in [2.05, 4.69) is 10.3 Å². The molecule has 5 nitrogen and oxygen atoms in total. The molecule has 2 aromatic rings. The molecule has 0 spiro atoms. The molecule has 1 N–H and O–H groups in total. The minimum atomic E-state index is -3.11. The molecule has 7 heteroatoms. The van der Waals surface area contributed by atoms with Gasteiger partial charge >= 0.3 is 0 Å². The number of aromatic nitrogens is 1. The van der Waals surface area contributed by atoms with E-state index in [1.807, 2.05) is 0 Å². The van der Waals surface area contributed by atoms with E-state index >= 15 is 0 Å². The van der Waals surface area contributed by atoms with Crippen LogP contribution in [0.1, 0.15) is 35.1 Å². The number of rotatable bonds is 4. The van der Waals surface area contributed by atoms with Gasteiger partial charge in [0.25, 0.3) is 5.91 Å². The van der Waals surface area contributed by atoms with Crippen molar-refractivity contribution in [1.29, 1.82) is 0 Å². The SMILES string of the molecule is CC1(NC(=O)c2cccc(Cc3cccc(F)c3)n2)CCS(=O)(=O)C1. The van der Waals surface area contributed by atoms with Gasteiger partial charge in [0.05, 0.1) is 17.0 Å². The van der Waals surface area contributed by atoms with Crippen LogP contribution in [-0.2, 0) is 16.3 Å². The minimum Gasteiger partial charge on any atom is -0.344 e. The Morgan fingerprint density at radius 1 is 1.28 bits per heavy atom. The first kappa shape index (κ1) is 17.5. The summed E-state index contributed by atoms with van der Waals surface area (Å²) in [5.74, 6) is -0.701. The molecule has 1 unspecified atom stereocenters. The number of hydrogen-bond acceptors (Lipinski definition) is 4. The summed E-state index contributed by atoms with van der Waals surface area (Å²) < 4.78 is 36.6. The molecule has 0 saturated carbocycles. The highest BCUT2D eigenvalue weighted by atomic mass is 32.2. The molecule has 1 amide bonds. The Labute approximate surface area is 146 Å². The van der Waals surface area contributed by atoms with E-state index < -0.39 is 21.3 Å². The summed E-state index contributed by atoms with van der Waals surface area (Å²) in [6.45, 7) is 1.73. The average Bonchev–Trinajstić information content (AvgIpc) is 2.81. The van der Waals surface area contributed by atoms with Gasteiger partial charge in [-0.15, -0.1) is 0 Å². The van der Waals surface area contributed by atoms with Crippen molar-refractivity contribution in [2.75, 3.05) is 11.5 Å². The first-order valence-electron chi connectivity index (χ1n) is 7.98. The highest BCUT2D eigenvalue weighted by Crippen LogP contribution is 2.23. The first-order valence-corrected chi connectivity index (χ1v) is 9.80. The van der Waals surface area contributed by atoms with E-state index in [-0.39, 0.29) is 23.0 Å². The van der Waals surface area contributed by atoms with E-state index in [0.717, 1.165) is 5.56 Å². The summed E-state index contributed by atoms with van der Waals surface area (Å²) in [7, 11) is -3.11. The quantitative estimate of drug-likeness (QED) is 0.904. The highest BCUT2D eigenvalue weighted by molar-refractivity contribution is 7.91. The van der Waals surface area contributed by atoms with Gasteiger partial charge in [-0.25, -0.2) is 17.8 Å². The van der Waals surface area contributed by atoms with Crippen LogP contribution in [0.2, 0.25) is 0 Å². The molecule has 0 aliphatic carbocycles. The zero-order chi connectivity index (χ0) is 18.1. The molecular formula is C18H19FN2O3S. The molecule has 1 atom stereocenters. The van der Waals surface area contributed by atoms with Gasteiger partial charge in [-0.2, -0.15) is 0 Å². The van der Waals surface area contributed by atoms with Crippen LogP contribution >= 0.6 is 0 Å². The Balaban J connectivity index is 1.74. The van der Waals surface area contributed by atoms with Crippen molar-refractivity contribution in [3.8, 4) is 0 Å². The second-order valence-electron chi connectivity index (χ2n) is 6.68. The maximum absolute atomic E-state index is 13.3. The Morgan fingerprint density at radius 2 is 2.04 bits per heavy atom. The molecule has 1 aliphatic rings. The van der Waals surface area contributed by atoms with Gasteiger partial charge in [-0.1, -0.05) is 18.2 Å². The van der Waals surface area contributed by atoms with Crippen LogP contribution in [0.5, 0.6) is 0 Å². The van der Waals surface area contributed by atoms with Crippen molar-refractivity contribution < 1.29 is 17.6 Å². The van der Waals surface area contributed by atoms with Crippen molar-refractivity contribution >= 4 is 15.7 Å². The molecule has 2 heterocycles. The molecule has 0 bridgehead atoms. The second kappa shape index (κ2) is 6.55. The summed E-state index contributed by atoms with van der Waals surface area (Å²) in [6, 6.07) is 11.3. The summed E-state index contributed by atoms with van der Waals surface area (Å²) in [4.78, 5) is 16.8. The highest BCUT2D eigenvalue weighted by Gasteiger charge is 2.39. The number of nitrogens with zero attached hydrogens (tertiary/aromatic N) is 1. The van der Waals surface area contributed by atoms with Crippen LogP contribution in [-0.4, -0.2) is 36.4 Å². The second-order valence-corrected chi connectivity index (χ2v) is 8.86. The third kappa shape index (κ3) is 4.42. The first-order chi connectivity index (χ1) is 11.7. The Hall–Kier alpha value is -2.28. The third-order valence-electron chi connectivity index (χ3n) is 4.23. The van der Waals surface area contributed by atoms with Crippen LogP contribution in [0.3, 0.4) is 0 Å². The number of carbonyl (C=O) groups excluding carboxylic acids is 1. The van der Waals surface area contributed by atoms with Gasteiger partial charge in [0.15, 0.2) is 9.84 Å². The zero-order valence-electron chi connectivity index (χ0n) is 13.8. The number of halogens is 1. The number of carbonyl (C=O) groups is 1. The molecule has 25 heavy (non-hydrogen) atoms. The van der Waals surface area contributed by atoms with E-state index in [4.69, 9.17) is 0 Å². The maximum Gasteiger partial charge on any atom is 0.270 e. The fourth-order valence-corrected chi connectivity index (χ4v) is 5.10. The van der Waals surface area contributed by atoms with Gasteiger partial charge in [-0.05, 0) is 43.2 Å². The number of nitrogens with one attached hydrogen (secondary N) is 1. The fraction of sp³-hybridized carbons (Fsp3) is 0.333. The van der Waals surface area contributed by atoms with Gasteiger partial charge in [0.1, 0.15) is 11.5 Å². The fourth-order valence-electron chi connectivity index (χ4n) is 3.01. The van der Waals surface area contributed by atoms with E-state index in [0.29, 0.717) is 18.5 Å². The molecule has 0 radical (unpaired) electrons. The van der Waals surface area contributed by atoms with E-state index in [9.17, 15) is 17.6 Å². The Bertz CT molecular complexity index is 914. The molecule has 3 rings (SSSR count). The lowest BCUT2D eigenvalue weighted by Gasteiger charge is -2.23. The smallest absolute Gasteiger partial charge is 0.270 e. The van der Waals surface area contributed by atoms with Crippen molar-refractivity contribution in [3.63, 3.8) is 0 Å². The van der Waals surface area contributed by atoms with Crippen LogP contribution in [0.15, 0.2) is 42.5 Å². The number of pyridine rings is 1. The van der Waals surface area contributed by atoms with Gasteiger partial charge < -0.3 is 5.32 Å². The third-order valence-corrected chi connectivity index (χ3v) is 6.14. The van der Waals surface area contributed by atoms with Gasteiger partial charge in [-0.3, -0.25) is 4.79 Å². The lowest BCUT2D eigenvalue weighted by atomic mass is 10.0. The van der Waals surface area contributed by atoms with Crippen molar-refractivity contribution in [2.45, 2.75) is 25.3 Å². The standard InChI is InChI=1S/C18H19FN2O3S/c1-18(8-9-25(23,24)12-18)21-17(22)16-7-3-6-15(20-16)11-13-4-2-5-14(19)10-13/h2-7,10H,8-9,11-12H2,1H3,(H,21,22). The predicted octanol–water partition coefficient (Wildman–Crippen LogP) is 2.12. The summed E-state index contributed by atoms with van der Waals surface area (Å²) in [6.07, 6.45) is 0.800. The zero-order valence-corrected chi connectivity index (χ0v) is 14.6. The lowest BCUT2D eigenvalue weighted by Crippen LogP contribution is -2.47. The molecule has 1 aliphatic heterocycles. The maximum atomic E-state index is 13.3. The molecule has 1 fully saturated rings. The average molecular weight is 362 g/mol. The lowest BCUT2D eigenvalue weighted by molar-refractivity contribution is 0.0910. The normalized spacial score (nSPS) is 21.8. The minimum absolute atomic E-state index is 0.0608. The summed E-state index contributed by atoms with van der Waals surface area (Å²) in [5, 5.41) is 2.79. The van der Waals surface area contributed by atoms with Gasteiger partial charge in [0, 0.05) is 12.1 Å². The molecular weight excluding hydrogens is 343 g/mol. The Morgan fingerprint density at radius 3 is 2.72 bits per heavy atom. The summed E-state index contributed by atoms with van der Waals surface area (Å²) >= 11 is 0. The monoisotopic (exact) mass is 362 g/mol. The largest absolute Gasteiger partial charge is 0.344 e. The predicted molar refractivity (Wildman–Crippen MR) is 92.6 cm³/mol. The molecule has 132 valence electrons. The molecule has 1 saturated heterocycles. The topological polar surface area (TPSA) is 76.1 Å². The van der Waals surface area contributed by atoms with Crippen molar-refractivity contribution in [2.24, 2.45) is 0 Å². The molecule has 1 aromatic heterocycles. The number of benzene rings is 1. The van der Waals surface area contributed by atoms with E-state index in [1.165, 1.54) is 12.1 Å². The van der Waals surface area contributed by atoms with Crippen LogP contribution in [0, 0.1) is 5.82 Å². The Kier molecular flexibility index (Phi) is 4.60. The molecule has 1 aromatic carbocycles.